The Morgan fingerprint density at radius 2 is 1.81 bits per heavy atom. The van der Waals surface area contributed by atoms with Gasteiger partial charge in [0.05, 0.1) is 0 Å². The molecule has 2 rings (SSSR count). The number of hydrogen-bond donors (Lipinski definition) is 1. The minimum Gasteiger partial charge on any atom is -0.317 e. The van der Waals surface area contributed by atoms with Gasteiger partial charge in [-0.1, -0.05) is 13.8 Å². The van der Waals surface area contributed by atoms with E-state index >= 15 is 0 Å². The van der Waals surface area contributed by atoms with Gasteiger partial charge in [-0.2, -0.15) is 0 Å². The molecule has 94 valence electrons. The molecular formula is C14H28N2. The van der Waals surface area contributed by atoms with Gasteiger partial charge >= 0.3 is 0 Å². The molecular weight excluding hydrogens is 196 g/mol. The van der Waals surface area contributed by atoms with E-state index in [2.05, 4.69) is 38.0 Å². The van der Waals surface area contributed by atoms with Gasteiger partial charge in [-0.15, -0.1) is 0 Å². The zero-order chi connectivity index (χ0) is 11.7. The molecule has 2 nitrogen and oxygen atoms in total. The first kappa shape index (κ1) is 12.4. The Labute approximate surface area is 101 Å². The summed E-state index contributed by atoms with van der Waals surface area (Å²) in [7, 11) is 2.10. The molecule has 1 saturated heterocycles. The maximum absolute atomic E-state index is 3.44. The second kappa shape index (κ2) is 5.05. The second-order valence-electron chi connectivity index (χ2n) is 6.08. The molecule has 2 fully saturated rings. The molecule has 1 N–H and O–H groups in total. The third-order valence-corrected chi connectivity index (χ3v) is 5.18. The molecule has 2 aliphatic rings. The molecule has 0 spiro atoms. The van der Waals surface area contributed by atoms with E-state index in [9.17, 15) is 0 Å². The summed E-state index contributed by atoms with van der Waals surface area (Å²) < 4.78 is 0. The summed E-state index contributed by atoms with van der Waals surface area (Å²) in [4.78, 5) is 2.79. The first-order valence-electron chi connectivity index (χ1n) is 7.06. The van der Waals surface area contributed by atoms with Crippen LogP contribution in [0.4, 0.5) is 0 Å². The van der Waals surface area contributed by atoms with Crippen molar-refractivity contribution in [3.05, 3.63) is 0 Å². The van der Waals surface area contributed by atoms with E-state index in [4.69, 9.17) is 0 Å². The number of nitrogens with zero attached hydrogens (tertiary/aromatic N) is 1. The normalized spacial score (nSPS) is 46.1. The Morgan fingerprint density at radius 1 is 1.06 bits per heavy atom. The molecule has 0 aromatic heterocycles. The van der Waals surface area contributed by atoms with Gasteiger partial charge in [-0.05, 0) is 51.5 Å². The average Bonchev–Trinajstić information content (AvgIpc) is 2.60. The van der Waals surface area contributed by atoms with E-state index in [-0.39, 0.29) is 0 Å². The molecule has 0 aromatic carbocycles. The monoisotopic (exact) mass is 224 g/mol. The van der Waals surface area contributed by atoms with E-state index in [0.29, 0.717) is 0 Å². The Bertz CT molecular complexity index is 229. The summed E-state index contributed by atoms with van der Waals surface area (Å²) in [6.07, 6.45) is 5.52. The van der Waals surface area contributed by atoms with Crippen LogP contribution in [-0.4, -0.2) is 36.6 Å². The molecule has 16 heavy (non-hydrogen) atoms. The van der Waals surface area contributed by atoms with Crippen molar-refractivity contribution in [2.45, 2.75) is 64.6 Å². The molecule has 1 saturated carbocycles. The maximum Gasteiger partial charge on any atom is 0.0126 e. The van der Waals surface area contributed by atoms with Crippen LogP contribution in [0, 0.1) is 11.8 Å². The van der Waals surface area contributed by atoms with E-state index < -0.39 is 0 Å². The summed E-state index contributed by atoms with van der Waals surface area (Å²) in [6.45, 7) is 8.60. The number of nitrogens with one attached hydrogen (secondary N) is 1. The summed E-state index contributed by atoms with van der Waals surface area (Å²) in [5, 5.41) is 3.44. The molecule has 1 heterocycles. The third kappa shape index (κ3) is 2.28. The number of hydrogen-bond acceptors (Lipinski definition) is 2. The predicted molar refractivity (Wildman–Crippen MR) is 69.6 cm³/mol. The summed E-state index contributed by atoms with van der Waals surface area (Å²) in [6, 6.07) is 2.38. The lowest BCUT2D eigenvalue weighted by Gasteiger charge is -2.43. The van der Waals surface area contributed by atoms with Crippen molar-refractivity contribution in [3.63, 3.8) is 0 Å². The van der Waals surface area contributed by atoms with Crippen LogP contribution in [0.5, 0.6) is 0 Å². The Hall–Kier alpha value is -0.0800. The zero-order valence-corrected chi connectivity index (χ0v) is 11.4. The van der Waals surface area contributed by atoms with Crippen LogP contribution in [0.1, 0.15) is 46.5 Å². The van der Waals surface area contributed by atoms with Gasteiger partial charge in [-0.3, -0.25) is 4.90 Å². The molecule has 5 unspecified atom stereocenters. The van der Waals surface area contributed by atoms with E-state index in [1.54, 1.807) is 0 Å². The SMILES string of the molecule is CNC1CCN(C2CCC(C)C2C)C(C)C1. The molecule has 0 aromatic rings. The van der Waals surface area contributed by atoms with Crippen LogP contribution >= 0.6 is 0 Å². The topological polar surface area (TPSA) is 15.3 Å². The second-order valence-corrected chi connectivity index (χ2v) is 6.08. The lowest BCUT2D eigenvalue weighted by atomic mass is 9.91. The van der Waals surface area contributed by atoms with Gasteiger partial charge in [0.15, 0.2) is 0 Å². The fourth-order valence-corrected chi connectivity index (χ4v) is 3.75. The van der Waals surface area contributed by atoms with Crippen molar-refractivity contribution in [1.82, 2.24) is 10.2 Å². The van der Waals surface area contributed by atoms with E-state index in [1.165, 1.54) is 32.2 Å². The lowest BCUT2D eigenvalue weighted by Crippen LogP contribution is -2.51. The summed E-state index contributed by atoms with van der Waals surface area (Å²) in [5.74, 6) is 1.83. The van der Waals surface area contributed by atoms with Gasteiger partial charge in [0, 0.05) is 24.7 Å². The van der Waals surface area contributed by atoms with Gasteiger partial charge in [0.25, 0.3) is 0 Å². The zero-order valence-electron chi connectivity index (χ0n) is 11.4. The van der Waals surface area contributed by atoms with Crippen molar-refractivity contribution in [2.24, 2.45) is 11.8 Å². The number of piperidine rings is 1. The highest BCUT2D eigenvalue weighted by Gasteiger charge is 2.37. The predicted octanol–water partition coefficient (Wildman–Crippen LogP) is 2.49. The molecule has 2 heteroatoms. The smallest absolute Gasteiger partial charge is 0.0126 e. The summed E-state index contributed by atoms with van der Waals surface area (Å²) in [5.41, 5.74) is 0. The van der Waals surface area contributed by atoms with Gasteiger partial charge in [-0.25, -0.2) is 0 Å². The standard InChI is InChI=1S/C14H28N2/c1-10-5-6-14(12(10)3)16-8-7-13(15-4)9-11(16)2/h10-15H,5-9H2,1-4H3. The van der Waals surface area contributed by atoms with Gasteiger partial charge in [0.1, 0.15) is 0 Å². The van der Waals surface area contributed by atoms with E-state index in [1.807, 2.05) is 0 Å². The minimum atomic E-state index is 0.750. The highest BCUT2D eigenvalue weighted by Crippen LogP contribution is 2.37. The number of rotatable bonds is 2. The summed E-state index contributed by atoms with van der Waals surface area (Å²) >= 11 is 0. The van der Waals surface area contributed by atoms with Crippen molar-refractivity contribution in [3.8, 4) is 0 Å². The quantitative estimate of drug-likeness (QED) is 0.775. The Kier molecular flexibility index (Phi) is 3.91. The van der Waals surface area contributed by atoms with Crippen LogP contribution in [0.15, 0.2) is 0 Å². The van der Waals surface area contributed by atoms with Crippen molar-refractivity contribution in [2.75, 3.05) is 13.6 Å². The van der Waals surface area contributed by atoms with E-state index in [0.717, 1.165) is 30.0 Å². The highest BCUT2D eigenvalue weighted by atomic mass is 15.2. The molecule has 5 atom stereocenters. The highest BCUT2D eigenvalue weighted by molar-refractivity contribution is 4.92. The molecule has 0 amide bonds. The Balaban J connectivity index is 1.95. The van der Waals surface area contributed by atoms with Crippen molar-refractivity contribution in [1.29, 1.82) is 0 Å². The largest absolute Gasteiger partial charge is 0.317 e. The average molecular weight is 224 g/mol. The maximum atomic E-state index is 3.44. The molecule has 0 bridgehead atoms. The molecule has 1 aliphatic carbocycles. The fraction of sp³-hybridized carbons (Fsp3) is 1.00. The van der Waals surface area contributed by atoms with Crippen LogP contribution in [0.3, 0.4) is 0 Å². The molecule has 1 aliphatic heterocycles. The van der Waals surface area contributed by atoms with Crippen molar-refractivity contribution >= 4 is 0 Å². The Morgan fingerprint density at radius 3 is 2.31 bits per heavy atom. The van der Waals surface area contributed by atoms with Gasteiger partial charge < -0.3 is 5.32 Å². The van der Waals surface area contributed by atoms with Crippen molar-refractivity contribution < 1.29 is 0 Å². The van der Waals surface area contributed by atoms with Gasteiger partial charge in [0.2, 0.25) is 0 Å². The van der Waals surface area contributed by atoms with Crippen LogP contribution in [0.2, 0.25) is 0 Å². The van der Waals surface area contributed by atoms with Crippen LogP contribution < -0.4 is 5.32 Å². The first-order valence-corrected chi connectivity index (χ1v) is 7.06. The molecule has 0 radical (unpaired) electrons. The first-order chi connectivity index (χ1) is 7.63. The minimum absolute atomic E-state index is 0.750. The third-order valence-electron chi connectivity index (χ3n) is 5.18. The number of likely N-dealkylation sites (tertiary alicyclic amines) is 1. The lowest BCUT2D eigenvalue weighted by molar-refractivity contribution is 0.0686. The van der Waals surface area contributed by atoms with Crippen LogP contribution in [-0.2, 0) is 0 Å². The fourth-order valence-electron chi connectivity index (χ4n) is 3.75. The van der Waals surface area contributed by atoms with Crippen LogP contribution in [0.25, 0.3) is 0 Å².